The van der Waals surface area contributed by atoms with Crippen molar-refractivity contribution >= 4 is 39.7 Å². The highest BCUT2D eigenvalue weighted by molar-refractivity contribution is 7.99. The van der Waals surface area contributed by atoms with Gasteiger partial charge in [0.25, 0.3) is 0 Å². The number of unbranched alkanes of at least 4 members (excludes halogenated alkanes) is 3. The number of rotatable bonds is 12. The molecule has 0 aliphatic carbocycles. The van der Waals surface area contributed by atoms with Gasteiger partial charge >= 0.3 is 0 Å². The number of hydrogen-bond acceptors (Lipinski definition) is 5. The van der Waals surface area contributed by atoms with Crippen LogP contribution in [0.1, 0.15) is 56.6 Å². The number of carbonyl (C=O) groups is 1. The summed E-state index contributed by atoms with van der Waals surface area (Å²) in [5.41, 5.74) is 5.21. The largest absolute Gasteiger partial charge is 0.356 e. The van der Waals surface area contributed by atoms with Crippen LogP contribution in [0.3, 0.4) is 0 Å². The van der Waals surface area contributed by atoms with Gasteiger partial charge in [-0.15, -0.1) is 10.2 Å². The van der Waals surface area contributed by atoms with E-state index in [1.165, 1.54) is 30.4 Å². The molecule has 0 unspecified atom stereocenters. The molecule has 0 fully saturated rings. The third kappa shape index (κ3) is 6.14. The maximum atomic E-state index is 12.0. The first-order valence-corrected chi connectivity index (χ1v) is 13.2. The van der Waals surface area contributed by atoms with Crippen LogP contribution in [0, 0.1) is 6.92 Å². The van der Waals surface area contributed by atoms with Crippen LogP contribution in [0.2, 0.25) is 0 Å². The monoisotopic (exact) mass is 475 g/mol. The van der Waals surface area contributed by atoms with Crippen LogP contribution in [0.5, 0.6) is 0 Å². The van der Waals surface area contributed by atoms with Gasteiger partial charge in [0.1, 0.15) is 5.52 Å². The zero-order chi connectivity index (χ0) is 23.8. The third-order valence-corrected chi connectivity index (χ3v) is 6.84. The second-order valence-electron chi connectivity index (χ2n) is 8.72. The number of amides is 1. The molecule has 0 spiro atoms. The summed E-state index contributed by atoms with van der Waals surface area (Å²) in [5.74, 6) is 0.916. The van der Waals surface area contributed by atoms with E-state index in [1.807, 2.05) is 6.07 Å². The Kier molecular flexibility index (Phi) is 8.52. The Morgan fingerprint density at radius 2 is 1.88 bits per heavy atom. The lowest BCUT2D eigenvalue weighted by atomic mass is 10.1. The molecular formula is C27H33N5OS. The average Bonchev–Trinajstić information content (AvgIpc) is 3.14. The zero-order valence-electron chi connectivity index (χ0n) is 20.1. The number of thioether (sulfide) groups is 1. The summed E-state index contributed by atoms with van der Waals surface area (Å²) in [6.45, 7) is 5.79. The van der Waals surface area contributed by atoms with Crippen LogP contribution in [0.4, 0.5) is 0 Å². The number of nitrogens with zero attached hydrogens (tertiary/aromatic N) is 4. The molecule has 7 heteroatoms. The van der Waals surface area contributed by atoms with E-state index in [0.717, 1.165) is 53.8 Å². The normalized spacial score (nSPS) is 11.4. The van der Waals surface area contributed by atoms with Crippen LogP contribution in [-0.4, -0.2) is 38.0 Å². The van der Waals surface area contributed by atoms with E-state index >= 15 is 0 Å². The number of benzene rings is 2. The van der Waals surface area contributed by atoms with Crippen molar-refractivity contribution in [1.82, 2.24) is 25.1 Å². The van der Waals surface area contributed by atoms with Crippen molar-refractivity contribution in [3.8, 4) is 0 Å². The van der Waals surface area contributed by atoms with Crippen LogP contribution in [-0.2, 0) is 11.3 Å². The lowest BCUT2D eigenvalue weighted by Gasteiger charge is -2.07. The van der Waals surface area contributed by atoms with Crippen molar-refractivity contribution in [2.75, 3.05) is 12.3 Å². The van der Waals surface area contributed by atoms with Gasteiger partial charge in [-0.1, -0.05) is 79.9 Å². The summed E-state index contributed by atoms with van der Waals surface area (Å²) in [6, 6.07) is 16.8. The predicted octanol–water partition coefficient (Wildman–Crippen LogP) is 5.91. The highest BCUT2D eigenvalue weighted by atomic mass is 32.2. The molecule has 0 atom stereocenters. The van der Waals surface area contributed by atoms with Crippen molar-refractivity contribution in [2.24, 2.45) is 0 Å². The van der Waals surface area contributed by atoms with Gasteiger partial charge in [-0.05, 0) is 37.5 Å². The van der Waals surface area contributed by atoms with Crippen LogP contribution in [0.25, 0.3) is 22.1 Å². The highest BCUT2D eigenvalue weighted by Crippen LogP contribution is 2.29. The molecule has 34 heavy (non-hydrogen) atoms. The standard InChI is InChI=1S/C27H33N5OS/c1-3-4-5-9-16-28-24(33)13-10-17-34-27-29-26-25(30-31-27)22-18-20(2)14-15-23(22)32(26)19-21-11-7-6-8-12-21/h6-8,11-12,14-15,18H,3-5,9-10,13,16-17,19H2,1-2H3,(H,28,33). The Morgan fingerprint density at radius 3 is 2.71 bits per heavy atom. The van der Waals surface area contributed by atoms with Gasteiger partial charge in [0, 0.05) is 30.6 Å². The number of carbonyl (C=O) groups excluding carboxylic acids is 1. The Balaban J connectivity index is 1.43. The van der Waals surface area contributed by atoms with Gasteiger partial charge in [-0.3, -0.25) is 4.79 Å². The molecule has 0 aliphatic heterocycles. The quantitative estimate of drug-likeness (QED) is 0.204. The van der Waals surface area contributed by atoms with Crippen LogP contribution >= 0.6 is 11.8 Å². The average molecular weight is 476 g/mol. The molecule has 0 saturated heterocycles. The molecule has 0 aliphatic rings. The van der Waals surface area contributed by atoms with E-state index in [4.69, 9.17) is 4.98 Å². The van der Waals surface area contributed by atoms with E-state index in [0.29, 0.717) is 11.6 Å². The molecule has 2 aromatic carbocycles. The zero-order valence-corrected chi connectivity index (χ0v) is 20.9. The molecular weight excluding hydrogens is 442 g/mol. The smallest absolute Gasteiger partial charge is 0.220 e. The van der Waals surface area contributed by atoms with Gasteiger partial charge in [0.05, 0.1) is 5.52 Å². The molecule has 2 aromatic heterocycles. The van der Waals surface area contributed by atoms with E-state index in [2.05, 4.69) is 76.4 Å². The summed E-state index contributed by atoms with van der Waals surface area (Å²) >= 11 is 1.56. The first kappa shape index (κ1) is 24.2. The predicted molar refractivity (Wildman–Crippen MR) is 140 cm³/mol. The van der Waals surface area contributed by atoms with Crippen molar-refractivity contribution in [2.45, 2.75) is 64.1 Å². The molecule has 0 bridgehead atoms. The number of aromatic nitrogens is 4. The minimum absolute atomic E-state index is 0.130. The van der Waals surface area contributed by atoms with Gasteiger partial charge in [-0.25, -0.2) is 4.98 Å². The van der Waals surface area contributed by atoms with E-state index in [9.17, 15) is 4.79 Å². The molecule has 0 radical (unpaired) electrons. The fraction of sp³-hybridized carbons (Fsp3) is 0.407. The summed E-state index contributed by atoms with van der Waals surface area (Å²) in [5, 5.41) is 13.7. The first-order valence-electron chi connectivity index (χ1n) is 12.2. The summed E-state index contributed by atoms with van der Waals surface area (Å²) < 4.78 is 2.23. The number of fused-ring (bicyclic) bond motifs is 3. The molecule has 6 nitrogen and oxygen atoms in total. The minimum atomic E-state index is 0.130. The summed E-state index contributed by atoms with van der Waals surface area (Å²) in [7, 11) is 0. The fourth-order valence-corrected chi connectivity index (χ4v) is 4.83. The second kappa shape index (κ2) is 12.0. The second-order valence-corrected chi connectivity index (χ2v) is 9.78. The molecule has 4 aromatic rings. The maximum absolute atomic E-state index is 12.0. The molecule has 1 N–H and O–H groups in total. The number of aryl methyl sites for hydroxylation is 1. The van der Waals surface area contributed by atoms with Crippen LogP contribution in [0.15, 0.2) is 53.7 Å². The van der Waals surface area contributed by atoms with Crippen molar-refractivity contribution in [1.29, 1.82) is 0 Å². The van der Waals surface area contributed by atoms with Gasteiger partial charge in [0.15, 0.2) is 5.65 Å². The van der Waals surface area contributed by atoms with Crippen LogP contribution < -0.4 is 5.32 Å². The van der Waals surface area contributed by atoms with Crippen molar-refractivity contribution in [3.63, 3.8) is 0 Å². The Bertz CT molecular complexity index is 1240. The molecule has 1 amide bonds. The van der Waals surface area contributed by atoms with Gasteiger partial charge in [-0.2, -0.15) is 0 Å². The van der Waals surface area contributed by atoms with E-state index < -0.39 is 0 Å². The Labute approximate surface area is 205 Å². The first-order chi connectivity index (χ1) is 16.7. The van der Waals surface area contributed by atoms with Gasteiger partial charge in [0.2, 0.25) is 11.1 Å². The minimum Gasteiger partial charge on any atom is -0.356 e. The molecule has 4 rings (SSSR count). The number of hydrogen-bond donors (Lipinski definition) is 1. The van der Waals surface area contributed by atoms with Gasteiger partial charge < -0.3 is 9.88 Å². The van der Waals surface area contributed by atoms with Crippen molar-refractivity contribution in [3.05, 3.63) is 59.7 Å². The Hall–Kier alpha value is -2.93. The van der Waals surface area contributed by atoms with Crippen molar-refractivity contribution < 1.29 is 4.79 Å². The van der Waals surface area contributed by atoms with E-state index in [1.54, 1.807) is 11.8 Å². The van der Waals surface area contributed by atoms with E-state index in [-0.39, 0.29) is 5.91 Å². The highest BCUT2D eigenvalue weighted by Gasteiger charge is 2.16. The maximum Gasteiger partial charge on any atom is 0.220 e. The topological polar surface area (TPSA) is 72.7 Å². The lowest BCUT2D eigenvalue weighted by Crippen LogP contribution is -2.24. The number of nitrogens with one attached hydrogen (secondary N) is 1. The summed E-state index contributed by atoms with van der Waals surface area (Å²) in [4.78, 5) is 16.9. The Morgan fingerprint density at radius 1 is 1.03 bits per heavy atom. The SMILES string of the molecule is CCCCCCNC(=O)CCCSc1nnc2c3cc(C)ccc3n(Cc3ccccc3)c2n1. The molecule has 178 valence electrons. The summed E-state index contributed by atoms with van der Waals surface area (Å²) in [6.07, 6.45) is 6.00. The lowest BCUT2D eigenvalue weighted by molar-refractivity contribution is -0.121. The molecule has 2 heterocycles. The molecule has 0 saturated carbocycles. The fourth-order valence-electron chi connectivity index (χ4n) is 4.11. The third-order valence-electron chi connectivity index (χ3n) is 5.92.